The minimum atomic E-state index is -0.610. The lowest BCUT2D eigenvalue weighted by atomic mass is 9.74. The van der Waals surface area contributed by atoms with Gasteiger partial charge in [0.1, 0.15) is 47.3 Å². The summed E-state index contributed by atoms with van der Waals surface area (Å²) in [5.41, 5.74) is 12.1. The molecule has 0 atom stereocenters. The number of unbranched alkanes of at least 4 members (excludes halogenated alkanes) is 26. The van der Waals surface area contributed by atoms with Crippen LogP contribution in [-0.4, -0.2) is 51.8 Å². The molecule has 0 unspecified atom stereocenters. The van der Waals surface area contributed by atoms with Crippen LogP contribution >= 0.6 is 0 Å². The fourth-order valence-electron chi connectivity index (χ4n) is 15.2. The topological polar surface area (TPSA) is 120 Å². The number of benzene rings is 6. The Labute approximate surface area is 601 Å². The number of fused-ring (bicyclic) bond motifs is 2. The van der Waals surface area contributed by atoms with Gasteiger partial charge in [-0.1, -0.05) is 194 Å². The third-order valence-electron chi connectivity index (χ3n) is 21.1. The van der Waals surface area contributed by atoms with Gasteiger partial charge >= 0.3 is 0 Å². The van der Waals surface area contributed by atoms with Crippen LogP contribution in [0.5, 0.6) is 23.0 Å². The molecular weight excluding hydrogens is 1230 g/mol. The standard InChI is InChI=1S/C89H114N6O5/c1-11-13-15-17-19-21-23-25-27-29-31-33-35-37-59-92-82-57-47-72(94(68-39-49-74(97-7)50-40-68)69-41-51-75(98-8)52-42-69)61-80(82)88(3,4)84(92)63-78-86(67(65-90)66-91)79(87(78)96)64-85-89(5,6)81-62-73(95(70-43-53-76(99-9)54-44-70)71-45-55-77(100-10)56-46-71)48-58-83(81)93(85)60-38-36-34-32-30-28-26-24-22-20-18-16-14-12-2/h39-58,61-64H,11-38,59-60H2,1-10H3. The SMILES string of the molecule is CCCCCCCCCCCCCCCCN1/C(=C/C2=C([O-])C(=C\C3=[N+](CCCCCCCCCCCCCCCC)c4ccc(N(c5ccc(OC)cc5)c5ccc(OC)cc5)cc4C3(C)C)/C2=C(C#N)C#N)C(C)(C)c2cc(N(c3ccc(OC)cc3)c3ccc(OC)cc3)ccc21. The normalized spacial score (nSPS) is 15.0. The Morgan fingerprint density at radius 1 is 0.440 bits per heavy atom. The van der Waals surface area contributed by atoms with E-state index in [0.29, 0.717) is 16.7 Å². The van der Waals surface area contributed by atoms with Crippen LogP contribution in [0.1, 0.15) is 232 Å². The first-order valence-electron chi connectivity index (χ1n) is 38.0. The molecule has 0 amide bonds. The molecule has 6 aromatic carbocycles. The highest BCUT2D eigenvalue weighted by molar-refractivity contribution is 6.06. The van der Waals surface area contributed by atoms with Crippen molar-refractivity contribution in [2.24, 2.45) is 0 Å². The molecule has 1 aliphatic carbocycles. The van der Waals surface area contributed by atoms with Gasteiger partial charge in [-0.3, -0.25) is 0 Å². The van der Waals surface area contributed by atoms with E-state index in [4.69, 9.17) is 18.9 Å². The Hall–Kier alpha value is -8.67. The molecule has 0 bridgehead atoms. The second kappa shape index (κ2) is 37.7. The third-order valence-corrected chi connectivity index (χ3v) is 21.1. The molecule has 2 aliphatic heterocycles. The monoisotopic (exact) mass is 1350 g/mol. The van der Waals surface area contributed by atoms with E-state index in [9.17, 15) is 10.5 Å². The number of hydrogen-bond acceptors (Lipinski definition) is 10. The fraction of sp³-hybridized carbons (Fsp3) is 0.472. The maximum Gasteiger partial charge on any atom is 0.209 e. The highest BCUT2D eigenvalue weighted by Crippen LogP contribution is 2.54. The quantitative estimate of drug-likeness (QED) is 0.0208. The van der Waals surface area contributed by atoms with E-state index in [1.807, 2.05) is 60.7 Å². The molecule has 0 saturated carbocycles. The van der Waals surface area contributed by atoms with Gasteiger partial charge in [0.2, 0.25) is 5.69 Å². The second-order valence-corrected chi connectivity index (χ2v) is 28.8. The van der Waals surface area contributed by atoms with Crippen LogP contribution in [0, 0.1) is 22.7 Å². The maximum absolute atomic E-state index is 15.7. The summed E-state index contributed by atoms with van der Waals surface area (Å²) in [5.74, 6) is 2.92. The van der Waals surface area contributed by atoms with Gasteiger partial charge in [-0.15, -0.1) is 0 Å². The van der Waals surface area contributed by atoms with E-state index in [1.54, 1.807) is 28.4 Å². The molecular formula is C89H114N6O5. The zero-order chi connectivity index (χ0) is 70.9. The molecule has 0 spiro atoms. The Morgan fingerprint density at radius 3 is 1.17 bits per heavy atom. The van der Waals surface area contributed by atoms with Gasteiger partial charge in [-0.2, -0.15) is 15.1 Å². The van der Waals surface area contributed by atoms with Crippen molar-refractivity contribution in [3.05, 3.63) is 190 Å². The smallest absolute Gasteiger partial charge is 0.209 e. The summed E-state index contributed by atoms with van der Waals surface area (Å²) >= 11 is 0. The largest absolute Gasteiger partial charge is 0.872 e. The Bertz CT molecular complexity index is 3750. The Morgan fingerprint density at radius 2 is 0.790 bits per heavy atom. The first-order chi connectivity index (χ1) is 48.8. The molecule has 530 valence electrons. The van der Waals surface area contributed by atoms with Crippen molar-refractivity contribution in [3.63, 3.8) is 0 Å². The summed E-state index contributed by atoms with van der Waals surface area (Å²) in [4.78, 5) is 6.93. The fourth-order valence-corrected chi connectivity index (χ4v) is 15.2. The number of anilines is 7. The average molecular weight is 1350 g/mol. The van der Waals surface area contributed by atoms with Gasteiger partial charge in [-0.05, 0) is 177 Å². The van der Waals surface area contributed by atoms with Gasteiger partial charge in [0.05, 0.1) is 33.9 Å². The molecule has 0 aromatic heterocycles. The summed E-state index contributed by atoms with van der Waals surface area (Å²) in [5, 5.41) is 37.6. The van der Waals surface area contributed by atoms with Crippen LogP contribution in [0.4, 0.5) is 45.5 Å². The van der Waals surface area contributed by atoms with E-state index < -0.39 is 10.8 Å². The van der Waals surface area contributed by atoms with Gasteiger partial charge in [-0.25, -0.2) is 0 Å². The second-order valence-electron chi connectivity index (χ2n) is 28.8. The maximum atomic E-state index is 15.7. The van der Waals surface area contributed by atoms with Crippen molar-refractivity contribution in [1.29, 1.82) is 10.5 Å². The summed E-state index contributed by atoms with van der Waals surface area (Å²) in [6, 6.07) is 50.6. The Balaban J connectivity index is 1.07. The van der Waals surface area contributed by atoms with Crippen molar-refractivity contribution in [2.75, 3.05) is 56.2 Å². The van der Waals surface area contributed by atoms with Crippen molar-refractivity contribution in [2.45, 2.75) is 232 Å². The van der Waals surface area contributed by atoms with Crippen molar-refractivity contribution in [3.8, 4) is 35.1 Å². The number of rotatable bonds is 42. The number of nitriles is 2. The lowest BCUT2D eigenvalue weighted by Crippen LogP contribution is -2.32. The third kappa shape index (κ3) is 18.6. The number of nitrogens with zero attached hydrogens (tertiary/aromatic N) is 6. The molecule has 3 aliphatic rings. The summed E-state index contributed by atoms with van der Waals surface area (Å²) in [6.07, 6.45) is 39.7. The van der Waals surface area contributed by atoms with E-state index in [1.165, 1.54) is 154 Å². The summed E-state index contributed by atoms with van der Waals surface area (Å²) in [7, 11) is 6.74. The van der Waals surface area contributed by atoms with Crippen molar-refractivity contribution in [1.82, 2.24) is 0 Å². The predicted octanol–water partition coefficient (Wildman–Crippen LogP) is 23.6. The van der Waals surface area contributed by atoms with Crippen molar-refractivity contribution < 1.29 is 28.6 Å². The van der Waals surface area contributed by atoms with Crippen LogP contribution in [-0.2, 0) is 10.8 Å². The van der Waals surface area contributed by atoms with Crippen LogP contribution < -0.4 is 38.8 Å². The minimum absolute atomic E-state index is 0.0641. The molecule has 9 rings (SSSR count). The van der Waals surface area contributed by atoms with Crippen LogP contribution in [0.2, 0.25) is 0 Å². The first-order valence-corrected chi connectivity index (χ1v) is 38.0. The van der Waals surface area contributed by atoms with E-state index in [0.717, 1.165) is 130 Å². The van der Waals surface area contributed by atoms with E-state index >= 15 is 5.11 Å². The van der Waals surface area contributed by atoms with Gasteiger partial charge in [0, 0.05) is 87.2 Å². The summed E-state index contributed by atoms with van der Waals surface area (Å²) in [6.45, 7) is 15.1. The van der Waals surface area contributed by atoms with Gasteiger partial charge < -0.3 is 38.8 Å². The molecule has 0 N–H and O–H groups in total. The molecule has 100 heavy (non-hydrogen) atoms. The molecule has 0 radical (unpaired) electrons. The number of hydrogen-bond donors (Lipinski definition) is 0. The number of ether oxygens (including phenoxy) is 4. The lowest BCUT2D eigenvalue weighted by Gasteiger charge is -2.36. The van der Waals surface area contributed by atoms with Gasteiger partial charge in [0.15, 0.2) is 5.71 Å². The zero-order valence-electron chi connectivity index (χ0n) is 62.3. The molecule has 0 fully saturated rings. The van der Waals surface area contributed by atoms with Crippen LogP contribution in [0.3, 0.4) is 0 Å². The molecule has 0 saturated heterocycles. The Kier molecular flexibility index (Phi) is 28.5. The van der Waals surface area contributed by atoms with Crippen LogP contribution in [0.15, 0.2) is 179 Å². The van der Waals surface area contributed by atoms with Crippen LogP contribution in [0.25, 0.3) is 0 Å². The molecule has 11 nitrogen and oxygen atoms in total. The number of methoxy groups -OCH3 is 4. The van der Waals surface area contributed by atoms with E-state index in [2.05, 4.69) is 158 Å². The van der Waals surface area contributed by atoms with Gasteiger partial charge in [0.25, 0.3) is 0 Å². The van der Waals surface area contributed by atoms with Crippen molar-refractivity contribution >= 4 is 51.2 Å². The molecule has 2 heterocycles. The highest BCUT2D eigenvalue weighted by Gasteiger charge is 2.47. The highest BCUT2D eigenvalue weighted by atomic mass is 16.5. The molecule has 6 aromatic rings. The average Bonchev–Trinajstić information content (AvgIpc) is 1.54. The zero-order valence-corrected chi connectivity index (χ0v) is 62.3. The predicted molar refractivity (Wildman–Crippen MR) is 414 cm³/mol. The molecule has 11 heteroatoms. The lowest BCUT2D eigenvalue weighted by molar-refractivity contribution is -0.438. The minimum Gasteiger partial charge on any atom is -0.872 e. The summed E-state index contributed by atoms with van der Waals surface area (Å²) < 4.78 is 24.9. The van der Waals surface area contributed by atoms with E-state index in [-0.39, 0.29) is 11.3 Å². The first kappa shape index (κ1) is 75.5. The number of allylic oxidation sites excluding steroid dienone is 6.